The third-order valence-electron chi connectivity index (χ3n) is 5.64. The zero-order valence-electron chi connectivity index (χ0n) is 16.4. The molecule has 0 unspecified atom stereocenters. The number of ether oxygens (including phenoxy) is 1. The molecule has 2 fully saturated rings. The van der Waals surface area contributed by atoms with Gasteiger partial charge in [-0.05, 0) is 51.3 Å². The van der Waals surface area contributed by atoms with Gasteiger partial charge >= 0.3 is 6.03 Å². The van der Waals surface area contributed by atoms with Gasteiger partial charge in [-0.2, -0.15) is 0 Å². The Bertz CT molecular complexity index is 628. The molecule has 6 nitrogen and oxygen atoms in total. The van der Waals surface area contributed by atoms with Crippen molar-refractivity contribution < 1.29 is 9.53 Å². The van der Waals surface area contributed by atoms with E-state index in [1.807, 2.05) is 12.1 Å². The maximum Gasteiger partial charge on any atom is 0.319 e. The van der Waals surface area contributed by atoms with Crippen molar-refractivity contribution in [3.63, 3.8) is 0 Å². The SMILES string of the molecule is CO[C@H]1CN(C(C)C)C[C@@H]1NC(=O)Nc1cccc(N2CCCC2)c1C. The molecule has 26 heavy (non-hydrogen) atoms. The zero-order chi connectivity index (χ0) is 18.7. The second-order valence-electron chi connectivity index (χ2n) is 7.67. The number of urea groups is 1. The zero-order valence-corrected chi connectivity index (χ0v) is 16.4. The lowest BCUT2D eigenvalue weighted by Crippen LogP contribution is -2.45. The molecule has 0 aromatic heterocycles. The van der Waals surface area contributed by atoms with E-state index in [-0.39, 0.29) is 18.2 Å². The molecular formula is C20H32N4O2. The highest BCUT2D eigenvalue weighted by atomic mass is 16.5. The third-order valence-corrected chi connectivity index (χ3v) is 5.64. The van der Waals surface area contributed by atoms with Crippen molar-refractivity contribution in [2.24, 2.45) is 0 Å². The monoisotopic (exact) mass is 360 g/mol. The molecule has 0 radical (unpaired) electrons. The third kappa shape index (κ3) is 4.13. The largest absolute Gasteiger partial charge is 0.378 e. The summed E-state index contributed by atoms with van der Waals surface area (Å²) < 4.78 is 5.57. The van der Waals surface area contributed by atoms with Gasteiger partial charge in [0.1, 0.15) is 0 Å². The number of likely N-dealkylation sites (tertiary alicyclic amines) is 1. The van der Waals surface area contributed by atoms with Crippen LogP contribution in [0.2, 0.25) is 0 Å². The van der Waals surface area contributed by atoms with E-state index in [4.69, 9.17) is 4.74 Å². The highest BCUT2D eigenvalue weighted by Crippen LogP contribution is 2.29. The standard InChI is InChI=1S/C20H32N4O2/c1-14(2)24-12-17(19(13-24)26-4)22-20(25)21-16-8-7-9-18(15(16)3)23-10-5-6-11-23/h7-9,14,17,19H,5-6,10-13H2,1-4H3,(H2,21,22,25)/t17-,19-/m0/s1. The van der Waals surface area contributed by atoms with Crippen LogP contribution in [0, 0.1) is 6.92 Å². The van der Waals surface area contributed by atoms with Crippen LogP contribution in [-0.4, -0.2) is 62.4 Å². The van der Waals surface area contributed by atoms with Gasteiger partial charge in [0.15, 0.2) is 0 Å². The van der Waals surface area contributed by atoms with Gasteiger partial charge in [0.05, 0.1) is 12.1 Å². The van der Waals surface area contributed by atoms with E-state index in [9.17, 15) is 4.79 Å². The number of anilines is 2. The summed E-state index contributed by atoms with van der Waals surface area (Å²) in [7, 11) is 1.71. The van der Waals surface area contributed by atoms with Gasteiger partial charge in [-0.25, -0.2) is 4.79 Å². The van der Waals surface area contributed by atoms with Crippen LogP contribution in [0.5, 0.6) is 0 Å². The van der Waals surface area contributed by atoms with E-state index in [0.29, 0.717) is 6.04 Å². The molecule has 0 bridgehead atoms. The topological polar surface area (TPSA) is 56.8 Å². The van der Waals surface area contributed by atoms with E-state index in [0.717, 1.165) is 37.4 Å². The average Bonchev–Trinajstić information content (AvgIpc) is 3.26. The smallest absolute Gasteiger partial charge is 0.319 e. The lowest BCUT2D eigenvalue weighted by atomic mass is 10.1. The van der Waals surface area contributed by atoms with Crippen LogP contribution in [0.3, 0.4) is 0 Å². The van der Waals surface area contributed by atoms with Crippen LogP contribution in [0.15, 0.2) is 18.2 Å². The normalized spacial score (nSPS) is 23.7. The number of benzene rings is 1. The van der Waals surface area contributed by atoms with Crippen molar-refractivity contribution in [3.05, 3.63) is 23.8 Å². The van der Waals surface area contributed by atoms with Gasteiger partial charge < -0.3 is 20.3 Å². The van der Waals surface area contributed by atoms with E-state index in [1.54, 1.807) is 7.11 Å². The summed E-state index contributed by atoms with van der Waals surface area (Å²) in [6.45, 7) is 10.3. The molecule has 6 heteroatoms. The molecule has 2 atom stereocenters. The molecule has 2 amide bonds. The molecule has 2 aliphatic heterocycles. The fourth-order valence-corrected chi connectivity index (χ4v) is 3.99. The fourth-order valence-electron chi connectivity index (χ4n) is 3.99. The van der Waals surface area contributed by atoms with E-state index >= 15 is 0 Å². The van der Waals surface area contributed by atoms with Crippen LogP contribution in [0.4, 0.5) is 16.2 Å². The van der Waals surface area contributed by atoms with E-state index in [1.165, 1.54) is 18.5 Å². The molecule has 0 spiro atoms. The fraction of sp³-hybridized carbons (Fsp3) is 0.650. The number of carbonyl (C=O) groups excluding carboxylic acids is 1. The molecule has 1 aromatic rings. The van der Waals surface area contributed by atoms with Crippen molar-refractivity contribution >= 4 is 17.4 Å². The molecule has 144 valence electrons. The van der Waals surface area contributed by atoms with Gasteiger partial charge in [-0.3, -0.25) is 4.90 Å². The van der Waals surface area contributed by atoms with Gasteiger partial charge in [0, 0.05) is 50.7 Å². The quantitative estimate of drug-likeness (QED) is 0.848. The maximum absolute atomic E-state index is 12.6. The second-order valence-corrected chi connectivity index (χ2v) is 7.67. The number of nitrogens with one attached hydrogen (secondary N) is 2. The number of carbonyl (C=O) groups is 1. The van der Waals surface area contributed by atoms with Crippen LogP contribution in [0.25, 0.3) is 0 Å². The predicted octanol–water partition coefficient (Wildman–Crippen LogP) is 2.82. The lowest BCUT2D eigenvalue weighted by Gasteiger charge is -2.23. The first-order chi connectivity index (χ1) is 12.5. The number of hydrogen-bond acceptors (Lipinski definition) is 4. The summed E-state index contributed by atoms with van der Waals surface area (Å²) in [6, 6.07) is 6.42. The Hall–Kier alpha value is -1.79. The van der Waals surface area contributed by atoms with Crippen molar-refractivity contribution in [2.45, 2.75) is 51.8 Å². The summed E-state index contributed by atoms with van der Waals surface area (Å²) in [4.78, 5) is 17.3. The number of hydrogen-bond donors (Lipinski definition) is 2. The number of methoxy groups -OCH3 is 1. The van der Waals surface area contributed by atoms with Crippen molar-refractivity contribution in [1.82, 2.24) is 10.2 Å². The summed E-state index contributed by atoms with van der Waals surface area (Å²) >= 11 is 0. The molecule has 0 saturated carbocycles. The molecule has 1 aromatic carbocycles. The molecular weight excluding hydrogens is 328 g/mol. The lowest BCUT2D eigenvalue weighted by molar-refractivity contribution is 0.0896. The van der Waals surface area contributed by atoms with Crippen LogP contribution < -0.4 is 15.5 Å². The Balaban J connectivity index is 1.64. The molecule has 2 N–H and O–H groups in total. The minimum absolute atomic E-state index is 0.00414. The van der Waals surface area contributed by atoms with Crippen molar-refractivity contribution in [1.29, 1.82) is 0 Å². The summed E-state index contributed by atoms with van der Waals surface area (Å²) in [6.07, 6.45) is 2.51. The van der Waals surface area contributed by atoms with E-state index < -0.39 is 0 Å². The van der Waals surface area contributed by atoms with Crippen LogP contribution >= 0.6 is 0 Å². The van der Waals surface area contributed by atoms with Gasteiger partial charge in [0.2, 0.25) is 0 Å². The van der Waals surface area contributed by atoms with E-state index in [2.05, 4.69) is 47.3 Å². The highest BCUT2D eigenvalue weighted by Gasteiger charge is 2.35. The van der Waals surface area contributed by atoms with Gasteiger partial charge in [-0.1, -0.05) is 6.07 Å². The van der Waals surface area contributed by atoms with Crippen LogP contribution in [0.1, 0.15) is 32.3 Å². The molecule has 2 saturated heterocycles. The van der Waals surface area contributed by atoms with Crippen molar-refractivity contribution in [2.75, 3.05) is 43.5 Å². The average molecular weight is 361 g/mol. The highest BCUT2D eigenvalue weighted by molar-refractivity contribution is 5.91. The summed E-state index contributed by atoms with van der Waals surface area (Å²) in [5, 5.41) is 6.14. The van der Waals surface area contributed by atoms with Crippen LogP contribution in [-0.2, 0) is 4.74 Å². The summed E-state index contributed by atoms with van der Waals surface area (Å²) in [5.41, 5.74) is 3.23. The van der Waals surface area contributed by atoms with Gasteiger partial charge in [-0.15, -0.1) is 0 Å². The first-order valence-electron chi connectivity index (χ1n) is 9.68. The number of amides is 2. The maximum atomic E-state index is 12.6. The number of nitrogens with zero attached hydrogens (tertiary/aromatic N) is 2. The molecule has 0 aliphatic carbocycles. The Morgan fingerprint density at radius 3 is 2.62 bits per heavy atom. The Morgan fingerprint density at radius 2 is 1.96 bits per heavy atom. The minimum Gasteiger partial charge on any atom is -0.378 e. The Labute approximate surface area is 156 Å². The van der Waals surface area contributed by atoms with Gasteiger partial charge in [0.25, 0.3) is 0 Å². The minimum atomic E-state index is -0.163. The Morgan fingerprint density at radius 1 is 1.23 bits per heavy atom. The second kappa shape index (κ2) is 8.27. The van der Waals surface area contributed by atoms with Crippen molar-refractivity contribution in [3.8, 4) is 0 Å². The molecule has 2 heterocycles. The predicted molar refractivity (Wildman–Crippen MR) is 106 cm³/mol. The number of rotatable bonds is 5. The first kappa shape index (κ1) is 19.0. The summed E-state index contributed by atoms with van der Waals surface area (Å²) in [5.74, 6) is 0. The Kier molecular flexibility index (Phi) is 6.04. The molecule has 2 aliphatic rings. The molecule has 3 rings (SSSR count). The first-order valence-corrected chi connectivity index (χ1v) is 9.68.